The number of nitrogens with zero attached hydrogens (tertiary/aromatic N) is 1. The summed E-state index contributed by atoms with van der Waals surface area (Å²) in [6.45, 7) is 2.07. The molecular weight excluding hydrogens is 256 g/mol. The van der Waals surface area contributed by atoms with Crippen LogP contribution in [0.1, 0.15) is 18.5 Å². The van der Waals surface area contributed by atoms with Gasteiger partial charge in [0.2, 0.25) is 0 Å². The second-order valence-corrected chi connectivity index (χ2v) is 5.03. The molecule has 0 saturated heterocycles. The molecule has 5 heteroatoms. The van der Waals surface area contributed by atoms with Gasteiger partial charge in [0, 0.05) is 16.0 Å². The van der Waals surface area contributed by atoms with Crippen LogP contribution in [0.5, 0.6) is 0 Å². The van der Waals surface area contributed by atoms with Gasteiger partial charge in [-0.05, 0) is 43.4 Å². The Balaban J connectivity index is 2.19. The standard InChI is InChI=1S/C12H13ClN2OS/c1-8(14-2)10-4-3-9(7-11(10)13)17-12-15-5-6-16-12/h3-8,14H,1-2H3. The molecule has 0 aliphatic heterocycles. The first kappa shape index (κ1) is 12.5. The molecule has 0 fully saturated rings. The minimum Gasteiger partial charge on any atom is -0.440 e. The smallest absolute Gasteiger partial charge is 0.260 e. The van der Waals surface area contributed by atoms with Gasteiger partial charge in [-0.25, -0.2) is 4.98 Å². The quantitative estimate of drug-likeness (QED) is 0.916. The van der Waals surface area contributed by atoms with E-state index in [-0.39, 0.29) is 6.04 Å². The molecule has 17 heavy (non-hydrogen) atoms. The molecule has 2 rings (SSSR count). The summed E-state index contributed by atoms with van der Waals surface area (Å²) < 4.78 is 5.17. The van der Waals surface area contributed by atoms with Crippen LogP contribution in [-0.2, 0) is 0 Å². The van der Waals surface area contributed by atoms with E-state index in [0.717, 1.165) is 15.5 Å². The number of halogens is 1. The van der Waals surface area contributed by atoms with Gasteiger partial charge in [0.1, 0.15) is 6.26 Å². The van der Waals surface area contributed by atoms with Crippen molar-refractivity contribution in [3.05, 3.63) is 41.2 Å². The lowest BCUT2D eigenvalue weighted by Crippen LogP contribution is -2.12. The monoisotopic (exact) mass is 268 g/mol. The molecule has 0 aliphatic rings. The van der Waals surface area contributed by atoms with Gasteiger partial charge in [-0.3, -0.25) is 0 Å². The van der Waals surface area contributed by atoms with E-state index >= 15 is 0 Å². The summed E-state index contributed by atoms with van der Waals surface area (Å²) in [7, 11) is 1.91. The molecule has 3 nitrogen and oxygen atoms in total. The van der Waals surface area contributed by atoms with Gasteiger partial charge in [0.05, 0.1) is 6.20 Å². The molecule has 1 unspecified atom stereocenters. The summed E-state index contributed by atoms with van der Waals surface area (Å²) in [5.74, 6) is 0. The third-order valence-corrected chi connectivity index (χ3v) is 3.68. The maximum Gasteiger partial charge on any atom is 0.260 e. The molecule has 1 atom stereocenters. The zero-order chi connectivity index (χ0) is 12.3. The van der Waals surface area contributed by atoms with Gasteiger partial charge in [0.15, 0.2) is 0 Å². The Kier molecular flexibility index (Phi) is 4.10. The van der Waals surface area contributed by atoms with Crippen molar-refractivity contribution in [3.63, 3.8) is 0 Å². The Morgan fingerprint density at radius 1 is 1.47 bits per heavy atom. The first-order valence-corrected chi connectivity index (χ1v) is 6.44. The highest BCUT2D eigenvalue weighted by Gasteiger charge is 2.09. The van der Waals surface area contributed by atoms with Crippen LogP contribution in [0.4, 0.5) is 0 Å². The van der Waals surface area contributed by atoms with Gasteiger partial charge >= 0.3 is 0 Å². The number of aromatic nitrogens is 1. The summed E-state index contributed by atoms with van der Waals surface area (Å²) in [5.41, 5.74) is 1.09. The molecule has 1 N–H and O–H groups in total. The average molecular weight is 269 g/mol. The maximum absolute atomic E-state index is 6.24. The molecule has 1 aromatic carbocycles. The lowest BCUT2D eigenvalue weighted by Gasteiger charge is -2.13. The molecule has 1 heterocycles. The maximum atomic E-state index is 6.24. The van der Waals surface area contributed by atoms with Gasteiger partial charge in [-0.2, -0.15) is 0 Å². The number of benzene rings is 1. The van der Waals surface area contributed by atoms with E-state index in [1.165, 1.54) is 11.8 Å². The summed E-state index contributed by atoms with van der Waals surface area (Å²) in [4.78, 5) is 5.07. The van der Waals surface area contributed by atoms with Crippen LogP contribution in [0.25, 0.3) is 0 Å². The lowest BCUT2D eigenvalue weighted by atomic mass is 10.1. The number of rotatable bonds is 4. The number of oxazole rings is 1. The van der Waals surface area contributed by atoms with Gasteiger partial charge < -0.3 is 9.73 Å². The van der Waals surface area contributed by atoms with E-state index in [1.807, 2.05) is 25.2 Å². The zero-order valence-corrected chi connectivity index (χ0v) is 11.2. The number of hydrogen-bond acceptors (Lipinski definition) is 4. The molecule has 2 aromatic rings. The predicted molar refractivity (Wildman–Crippen MR) is 69.6 cm³/mol. The van der Waals surface area contributed by atoms with Crippen LogP contribution in [0.3, 0.4) is 0 Å². The fourth-order valence-corrected chi connectivity index (χ4v) is 2.58. The van der Waals surface area contributed by atoms with Gasteiger partial charge in [-0.1, -0.05) is 17.7 Å². The van der Waals surface area contributed by atoms with Crippen molar-refractivity contribution in [2.45, 2.75) is 23.1 Å². The Bertz CT molecular complexity index is 487. The van der Waals surface area contributed by atoms with Crippen molar-refractivity contribution in [2.24, 2.45) is 0 Å². The van der Waals surface area contributed by atoms with Crippen molar-refractivity contribution in [2.75, 3.05) is 7.05 Å². The summed E-state index contributed by atoms with van der Waals surface area (Å²) in [6.07, 6.45) is 3.18. The fraction of sp³-hybridized carbons (Fsp3) is 0.250. The lowest BCUT2D eigenvalue weighted by molar-refractivity contribution is 0.454. The first-order valence-electron chi connectivity index (χ1n) is 5.24. The summed E-state index contributed by atoms with van der Waals surface area (Å²) in [5, 5.41) is 4.54. The second kappa shape index (κ2) is 5.58. The highest BCUT2D eigenvalue weighted by molar-refractivity contribution is 7.99. The Hall–Kier alpha value is -0.970. The third-order valence-electron chi connectivity index (χ3n) is 2.49. The molecule has 0 amide bonds. The molecular formula is C12H13ClN2OS. The van der Waals surface area contributed by atoms with Crippen LogP contribution in [0.15, 0.2) is 45.2 Å². The topological polar surface area (TPSA) is 38.1 Å². The van der Waals surface area contributed by atoms with Crippen LogP contribution in [-0.4, -0.2) is 12.0 Å². The third kappa shape index (κ3) is 3.03. The summed E-state index contributed by atoms with van der Waals surface area (Å²) >= 11 is 7.69. The molecule has 90 valence electrons. The number of hydrogen-bond donors (Lipinski definition) is 1. The first-order chi connectivity index (χ1) is 8.20. The normalized spacial score (nSPS) is 12.6. The van der Waals surface area contributed by atoms with Gasteiger partial charge in [0.25, 0.3) is 5.22 Å². The zero-order valence-electron chi connectivity index (χ0n) is 9.61. The minimum absolute atomic E-state index is 0.239. The molecule has 0 bridgehead atoms. The highest BCUT2D eigenvalue weighted by atomic mass is 35.5. The van der Waals surface area contributed by atoms with Crippen LogP contribution < -0.4 is 5.32 Å². The summed E-state index contributed by atoms with van der Waals surface area (Å²) in [6, 6.07) is 6.21. The Labute approximate surface area is 110 Å². The largest absolute Gasteiger partial charge is 0.440 e. The molecule has 0 spiro atoms. The molecule has 0 aliphatic carbocycles. The Morgan fingerprint density at radius 2 is 2.29 bits per heavy atom. The van der Waals surface area contributed by atoms with E-state index in [1.54, 1.807) is 12.5 Å². The van der Waals surface area contributed by atoms with Crippen molar-refractivity contribution >= 4 is 23.4 Å². The van der Waals surface area contributed by atoms with Crippen molar-refractivity contribution < 1.29 is 4.42 Å². The fourth-order valence-electron chi connectivity index (χ4n) is 1.44. The van der Waals surface area contributed by atoms with Gasteiger partial charge in [-0.15, -0.1) is 0 Å². The average Bonchev–Trinajstić information content (AvgIpc) is 2.81. The van der Waals surface area contributed by atoms with E-state index in [4.69, 9.17) is 16.0 Å². The SMILES string of the molecule is CNC(C)c1ccc(Sc2ncco2)cc1Cl. The van der Waals surface area contributed by atoms with Crippen LogP contribution >= 0.6 is 23.4 Å². The molecule has 1 aromatic heterocycles. The number of nitrogens with one attached hydrogen (secondary N) is 1. The van der Waals surface area contributed by atoms with E-state index < -0.39 is 0 Å². The van der Waals surface area contributed by atoms with Crippen LogP contribution in [0.2, 0.25) is 5.02 Å². The molecule has 0 radical (unpaired) electrons. The van der Waals surface area contributed by atoms with E-state index in [0.29, 0.717) is 5.22 Å². The highest BCUT2D eigenvalue weighted by Crippen LogP contribution is 2.31. The van der Waals surface area contributed by atoms with Crippen molar-refractivity contribution in [1.82, 2.24) is 10.3 Å². The predicted octanol–water partition coefficient (Wildman–Crippen LogP) is 3.76. The van der Waals surface area contributed by atoms with E-state index in [9.17, 15) is 0 Å². The van der Waals surface area contributed by atoms with Crippen molar-refractivity contribution in [1.29, 1.82) is 0 Å². The second-order valence-electron chi connectivity index (χ2n) is 3.59. The van der Waals surface area contributed by atoms with Crippen molar-refractivity contribution in [3.8, 4) is 0 Å². The minimum atomic E-state index is 0.239. The Morgan fingerprint density at radius 3 is 2.88 bits per heavy atom. The van der Waals surface area contributed by atoms with Crippen LogP contribution in [0, 0.1) is 0 Å². The molecule has 0 saturated carbocycles. The van der Waals surface area contributed by atoms with E-state index in [2.05, 4.69) is 17.2 Å².